The second-order valence-electron chi connectivity index (χ2n) is 5.38. The van der Waals surface area contributed by atoms with Crippen LogP contribution in [0.1, 0.15) is 16.7 Å². The lowest BCUT2D eigenvalue weighted by Crippen LogP contribution is -1.97. The van der Waals surface area contributed by atoms with Crippen LogP contribution in [0, 0.1) is 18.3 Å². The standard InChI is InChI=1S/C20H15NO3/c1-14-2-6-16(7-3-14)19-13-17(20(22)24-19)12-15-4-8-18(9-5-15)23-11-10-21/h2-9,12-13H,11H2,1H3/b17-12-. The average Bonchev–Trinajstić information content (AvgIpc) is 2.95. The third kappa shape index (κ3) is 3.53. The molecule has 2 aromatic carbocycles. The molecule has 0 radical (unpaired) electrons. The van der Waals surface area contributed by atoms with E-state index in [1.165, 1.54) is 0 Å². The number of aryl methyl sites for hydroxylation is 1. The molecule has 0 spiro atoms. The van der Waals surface area contributed by atoms with Gasteiger partial charge in [0.1, 0.15) is 17.6 Å². The van der Waals surface area contributed by atoms with Gasteiger partial charge in [0.25, 0.3) is 0 Å². The summed E-state index contributed by atoms with van der Waals surface area (Å²) < 4.78 is 10.5. The largest absolute Gasteiger partial charge is 0.479 e. The van der Waals surface area contributed by atoms with Gasteiger partial charge in [-0.3, -0.25) is 0 Å². The Labute approximate surface area is 140 Å². The molecule has 0 N–H and O–H groups in total. The first-order valence-corrected chi connectivity index (χ1v) is 7.48. The zero-order chi connectivity index (χ0) is 16.9. The van der Waals surface area contributed by atoms with Crippen LogP contribution < -0.4 is 4.74 Å². The molecule has 0 aromatic heterocycles. The van der Waals surface area contributed by atoms with Gasteiger partial charge in [0.05, 0.1) is 5.57 Å². The molecule has 0 atom stereocenters. The lowest BCUT2D eigenvalue weighted by molar-refractivity contribution is -0.130. The molecule has 0 fully saturated rings. The summed E-state index contributed by atoms with van der Waals surface area (Å²) in [4.78, 5) is 12.0. The number of hydrogen-bond acceptors (Lipinski definition) is 4. The fourth-order valence-electron chi connectivity index (χ4n) is 2.30. The van der Waals surface area contributed by atoms with Crippen molar-refractivity contribution in [2.45, 2.75) is 6.92 Å². The van der Waals surface area contributed by atoms with Crippen LogP contribution in [0.4, 0.5) is 0 Å². The normalized spacial score (nSPS) is 14.9. The van der Waals surface area contributed by atoms with Gasteiger partial charge in [-0.25, -0.2) is 4.79 Å². The highest BCUT2D eigenvalue weighted by Crippen LogP contribution is 2.27. The van der Waals surface area contributed by atoms with Crippen molar-refractivity contribution in [2.75, 3.05) is 6.61 Å². The van der Waals surface area contributed by atoms with Gasteiger partial charge in [0, 0.05) is 5.56 Å². The smallest absolute Gasteiger partial charge is 0.343 e. The number of nitriles is 1. The van der Waals surface area contributed by atoms with E-state index in [4.69, 9.17) is 14.7 Å². The molecule has 4 nitrogen and oxygen atoms in total. The summed E-state index contributed by atoms with van der Waals surface area (Å²) in [5.41, 5.74) is 3.37. The average molecular weight is 317 g/mol. The first-order valence-electron chi connectivity index (χ1n) is 7.48. The van der Waals surface area contributed by atoms with E-state index in [9.17, 15) is 4.79 Å². The van der Waals surface area contributed by atoms with E-state index < -0.39 is 0 Å². The summed E-state index contributed by atoms with van der Waals surface area (Å²) in [7, 11) is 0. The summed E-state index contributed by atoms with van der Waals surface area (Å²) >= 11 is 0. The van der Waals surface area contributed by atoms with Crippen molar-refractivity contribution in [3.63, 3.8) is 0 Å². The zero-order valence-electron chi connectivity index (χ0n) is 13.2. The first kappa shape index (κ1) is 15.6. The third-order valence-corrected chi connectivity index (χ3v) is 3.57. The van der Waals surface area contributed by atoms with Gasteiger partial charge < -0.3 is 9.47 Å². The molecular weight excluding hydrogens is 302 g/mol. The van der Waals surface area contributed by atoms with Gasteiger partial charge in [-0.05, 0) is 36.8 Å². The van der Waals surface area contributed by atoms with E-state index in [2.05, 4.69) is 0 Å². The quantitative estimate of drug-likeness (QED) is 0.634. The van der Waals surface area contributed by atoms with Gasteiger partial charge >= 0.3 is 5.97 Å². The highest BCUT2D eigenvalue weighted by atomic mass is 16.5. The molecule has 24 heavy (non-hydrogen) atoms. The van der Waals surface area contributed by atoms with Gasteiger partial charge in [0.2, 0.25) is 0 Å². The molecule has 118 valence electrons. The molecule has 0 unspecified atom stereocenters. The zero-order valence-corrected chi connectivity index (χ0v) is 13.2. The fourth-order valence-corrected chi connectivity index (χ4v) is 2.30. The number of esters is 1. The highest BCUT2D eigenvalue weighted by Gasteiger charge is 2.21. The van der Waals surface area contributed by atoms with Crippen LogP contribution in [0.5, 0.6) is 5.75 Å². The van der Waals surface area contributed by atoms with Crippen molar-refractivity contribution >= 4 is 17.8 Å². The van der Waals surface area contributed by atoms with E-state index in [-0.39, 0.29) is 12.6 Å². The number of hydrogen-bond donors (Lipinski definition) is 0. The number of rotatable bonds is 4. The Hall–Kier alpha value is -3.32. The topological polar surface area (TPSA) is 59.3 Å². The second kappa shape index (κ2) is 6.84. The molecule has 0 amide bonds. The summed E-state index contributed by atoms with van der Waals surface area (Å²) in [5.74, 6) is 0.805. The molecule has 4 heteroatoms. The van der Waals surface area contributed by atoms with E-state index in [1.807, 2.05) is 49.4 Å². The van der Waals surface area contributed by atoms with Crippen LogP contribution in [0.25, 0.3) is 11.8 Å². The number of carbonyl (C=O) groups excluding carboxylic acids is 1. The fraction of sp³-hybridized carbons (Fsp3) is 0.100. The lowest BCUT2D eigenvalue weighted by atomic mass is 10.1. The van der Waals surface area contributed by atoms with Crippen LogP contribution in [-0.2, 0) is 9.53 Å². The molecule has 0 saturated carbocycles. The number of ether oxygens (including phenoxy) is 2. The van der Waals surface area contributed by atoms with Gasteiger partial charge in [-0.15, -0.1) is 0 Å². The van der Waals surface area contributed by atoms with E-state index in [0.717, 1.165) is 16.7 Å². The van der Waals surface area contributed by atoms with Crippen molar-refractivity contribution in [1.82, 2.24) is 0 Å². The van der Waals surface area contributed by atoms with Gasteiger partial charge in [0.15, 0.2) is 6.61 Å². The van der Waals surface area contributed by atoms with Gasteiger partial charge in [-0.2, -0.15) is 5.26 Å². The predicted octanol–water partition coefficient (Wildman–Crippen LogP) is 3.88. The second-order valence-corrected chi connectivity index (χ2v) is 5.38. The summed E-state index contributed by atoms with van der Waals surface area (Å²) in [6, 6.07) is 16.9. The molecular formula is C20H15NO3. The maximum absolute atomic E-state index is 12.0. The Morgan fingerprint density at radius 2 is 1.83 bits per heavy atom. The predicted molar refractivity (Wildman–Crippen MR) is 90.8 cm³/mol. The monoisotopic (exact) mass is 317 g/mol. The summed E-state index contributed by atoms with van der Waals surface area (Å²) in [5, 5.41) is 8.49. The molecule has 0 saturated heterocycles. The molecule has 0 aliphatic carbocycles. The van der Waals surface area contributed by atoms with Crippen molar-refractivity contribution in [2.24, 2.45) is 0 Å². The maximum Gasteiger partial charge on any atom is 0.343 e. The van der Waals surface area contributed by atoms with E-state index in [0.29, 0.717) is 17.1 Å². The minimum Gasteiger partial charge on any atom is -0.479 e. The molecule has 1 heterocycles. The van der Waals surface area contributed by atoms with E-state index in [1.54, 1.807) is 24.3 Å². The van der Waals surface area contributed by atoms with Crippen LogP contribution in [-0.4, -0.2) is 12.6 Å². The van der Waals surface area contributed by atoms with Crippen LogP contribution in [0.15, 0.2) is 60.2 Å². The van der Waals surface area contributed by atoms with Crippen LogP contribution >= 0.6 is 0 Å². The Bertz CT molecular complexity index is 853. The number of carbonyl (C=O) groups is 1. The SMILES string of the molecule is Cc1ccc(C2=C/C(=C/c3ccc(OCC#N)cc3)C(=O)O2)cc1. The Morgan fingerprint density at radius 1 is 1.12 bits per heavy atom. The van der Waals surface area contributed by atoms with Crippen molar-refractivity contribution < 1.29 is 14.3 Å². The van der Waals surface area contributed by atoms with Crippen LogP contribution in [0.3, 0.4) is 0 Å². The maximum atomic E-state index is 12.0. The molecule has 1 aliphatic rings. The highest BCUT2D eigenvalue weighted by molar-refractivity contribution is 6.05. The van der Waals surface area contributed by atoms with Crippen molar-refractivity contribution in [3.8, 4) is 11.8 Å². The molecule has 0 bridgehead atoms. The number of benzene rings is 2. The van der Waals surface area contributed by atoms with Crippen molar-refractivity contribution in [1.29, 1.82) is 5.26 Å². The number of nitrogens with zero attached hydrogens (tertiary/aromatic N) is 1. The van der Waals surface area contributed by atoms with Crippen LogP contribution in [0.2, 0.25) is 0 Å². The van der Waals surface area contributed by atoms with Gasteiger partial charge in [-0.1, -0.05) is 42.0 Å². The van der Waals surface area contributed by atoms with E-state index >= 15 is 0 Å². The Balaban J connectivity index is 1.80. The minimum absolute atomic E-state index is 0.00933. The molecule has 1 aliphatic heterocycles. The molecule has 3 rings (SSSR count). The Kier molecular flexibility index (Phi) is 4.44. The summed E-state index contributed by atoms with van der Waals surface area (Å²) in [6.07, 6.45) is 3.50. The minimum atomic E-state index is -0.365. The Morgan fingerprint density at radius 3 is 2.50 bits per heavy atom. The van der Waals surface area contributed by atoms with Crippen molar-refractivity contribution in [3.05, 3.63) is 76.9 Å². The summed E-state index contributed by atoms with van der Waals surface area (Å²) in [6.45, 7) is 2.02. The third-order valence-electron chi connectivity index (χ3n) is 3.57. The molecule has 2 aromatic rings. The lowest BCUT2D eigenvalue weighted by Gasteiger charge is -2.02. The number of cyclic esters (lactones) is 1. The first-order chi connectivity index (χ1) is 11.7.